The minimum atomic E-state index is -0.942. The van der Waals surface area contributed by atoms with E-state index in [1.807, 2.05) is 24.3 Å². The Morgan fingerprint density at radius 1 is 1.09 bits per heavy atom. The Balaban J connectivity index is 0.00000272. The van der Waals surface area contributed by atoms with E-state index in [1.165, 1.54) is 21.8 Å². The van der Waals surface area contributed by atoms with E-state index in [4.69, 9.17) is 9.47 Å². The van der Waals surface area contributed by atoms with Crippen LogP contribution in [0.4, 0.5) is 0 Å². The molecule has 166 valence electrons. The van der Waals surface area contributed by atoms with Crippen molar-refractivity contribution in [1.82, 2.24) is 4.57 Å². The summed E-state index contributed by atoms with van der Waals surface area (Å²) in [5.41, 5.74) is 4.47. The maximum Gasteiger partial charge on any atom is 1.00 e. The van der Waals surface area contributed by atoms with Gasteiger partial charge >= 0.3 is 24.8 Å². The number of hydrogen-bond donors (Lipinski definition) is 1. The van der Waals surface area contributed by atoms with Crippen molar-refractivity contribution in [3.8, 4) is 17.0 Å². The predicted molar refractivity (Wildman–Crippen MR) is 126 cm³/mol. The van der Waals surface area contributed by atoms with Gasteiger partial charge in [0.2, 0.25) is 0 Å². The molecule has 5 nitrogen and oxygen atoms in total. The number of aryl methyl sites for hydroxylation is 1. The van der Waals surface area contributed by atoms with E-state index in [9.17, 15) is 9.90 Å². The summed E-state index contributed by atoms with van der Waals surface area (Å²) < 4.78 is 13.5. The summed E-state index contributed by atoms with van der Waals surface area (Å²) in [6, 6.07) is 20.4. The van der Waals surface area contributed by atoms with Gasteiger partial charge in [0, 0.05) is 29.3 Å². The molecule has 0 bridgehead atoms. The third-order valence-electron chi connectivity index (χ3n) is 5.16. The summed E-state index contributed by atoms with van der Waals surface area (Å²) in [7, 11) is 0. The van der Waals surface area contributed by atoms with Crippen LogP contribution in [0.3, 0.4) is 0 Å². The summed E-state index contributed by atoms with van der Waals surface area (Å²) in [5, 5.41) is 9.23. The van der Waals surface area contributed by atoms with E-state index >= 15 is 0 Å². The van der Waals surface area contributed by atoms with Gasteiger partial charge in [-0.3, -0.25) is 0 Å². The molecule has 0 amide bonds. The number of carbonyl (C=O) groups is 1. The van der Waals surface area contributed by atoms with Gasteiger partial charge in [-0.2, -0.15) is 0 Å². The molecule has 7 heteroatoms. The zero-order valence-corrected chi connectivity index (χ0v) is 20.0. The van der Waals surface area contributed by atoms with Crippen LogP contribution < -0.4 is 23.6 Å². The Morgan fingerprint density at radius 3 is 2.38 bits per heavy atom. The predicted octanol–water partition coefficient (Wildman–Crippen LogP) is 2.41. The molecular formula is C25H30LiNO4S. The van der Waals surface area contributed by atoms with Gasteiger partial charge < -0.3 is 20.6 Å². The number of ether oxygens (including phenoxy) is 2. The van der Waals surface area contributed by atoms with Crippen molar-refractivity contribution in [2.75, 3.05) is 19.5 Å². The minimum Gasteiger partial charge on any atom is -1.00 e. The monoisotopic (exact) mass is 447 g/mol. The Morgan fingerprint density at radius 2 is 1.78 bits per heavy atom. The molecule has 32 heavy (non-hydrogen) atoms. The Kier molecular flexibility index (Phi) is 10.5. The fourth-order valence-corrected chi connectivity index (χ4v) is 3.90. The minimum absolute atomic E-state index is 0. The largest absolute Gasteiger partial charge is 1.00 e. The first-order chi connectivity index (χ1) is 15.0. The molecular weight excluding hydrogens is 417 g/mol. The van der Waals surface area contributed by atoms with Crippen LogP contribution in [0.15, 0.2) is 65.6 Å². The average molecular weight is 448 g/mol. The Bertz CT molecular complexity index is 993. The number of rotatable bonds is 11. The van der Waals surface area contributed by atoms with Gasteiger partial charge in [-0.15, -0.1) is 11.8 Å². The van der Waals surface area contributed by atoms with Crippen LogP contribution in [0, 0.1) is 6.92 Å². The number of aromatic nitrogens is 1. The third-order valence-corrected chi connectivity index (χ3v) is 5.90. The van der Waals surface area contributed by atoms with Crippen LogP contribution in [-0.2, 0) is 22.5 Å². The van der Waals surface area contributed by atoms with E-state index in [0.29, 0.717) is 19.6 Å². The van der Waals surface area contributed by atoms with E-state index in [-0.39, 0.29) is 20.3 Å². The summed E-state index contributed by atoms with van der Waals surface area (Å²) in [6.07, 6.45) is 1.59. The molecule has 0 aliphatic carbocycles. The van der Waals surface area contributed by atoms with Crippen LogP contribution in [0.1, 0.15) is 19.6 Å². The summed E-state index contributed by atoms with van der Waals surface area (Å²) in [5.74, 6) is -0.175. The molecule has 1 aromatic heterocycles. The zero-order chi connectivity index (χ0) is 22.2. The smallest absolute Gasteiger partial charge is 1.00 e. The molecule has 0 spiro atoms. The summed E-state index contributed by atoms with van der Waals surface area (Å²) >= 11 is 1.74. The second kappa shape index (κ2) is 12.8. The first-order valence-electron chi connectivity index (χ1n) is 10.4. The molecule has 0 fully saturated rings. The number of hydrogen-bond acceptors (Lipinski definition) is 4. The zero-order valence-electron chi connectivity index (χ0n) is 20.2. The van der Waals surface area contributed by atoms with Crippen LogP contribution in [-0.4, -0.2) is 41.2 Å². The number of aliphatic carboxylic acids is 1. The van der Waals surface area contributed by atoms with Gasteiger partial charge in [0.25, 0.3) is 0 Å². The standard InChI is InChI=1S/C25H29NO4S.Li.H/c1-4-29-24(25(27)28)17-19-6-10-21(11-7-19)30-16-15-26-18(2)5-14-23(26)20-8-12-22(31-3)13-9-20;;/h5-14,24H,4,15-17H2,1-3H3,(H,27,28);;/q;+1;-1/t24-;;/m0../s1. The van der Waals surface area contributed by atoms with Crippen molar-refractivity contribution in [3.05, 3.63) is 71.9 Å². The van der Waals surface area contributed by atoms with Crippen LogP contribution in [0.2, 0.25) is 0 Å². The molecule has 3 rings (SSSR count). The van der Waals surface area contributed by atoms with Crippen molar-refractivity contribution in [2.24, 2.45) is 0 Å². The van der Waals surface area contributed by atoms with Crippen molar-refractivity contribution in [3.63, 3.8) is 0 Å². The van der Waals surface area contributed by atoms with Gasteiger partial charge in [0.1, 0.15) is 12.4 Å². The van der Waals surface area contributed by atoms with E-state index in [0.717, 1.165) is 17.9 Å². The van der Waals surface area contributed by atoms with Crippen molar-refractivity contribution in [1.29, 1.82) is 0 Å². The molecule has 3 aromatic rings. The number of carboxylic acids is 1. The topological polar surface area (TPSA) is 60.7 Å². The van der Waals surface area contributed by atoms with Crippen LogP contribution in [0.25, 0.3) is 11.3 Å². The number of nitrogens with zero attached hydrogens (tertiary/aromatic N) is 1. The first-order valence-corrected chi connectivity index (χ1v) is 11.6. The molecule has 0 saturated carbocycles. The molecule has 0 aliphatic rings. The SMILES string of the molecule is CCO[C@@H](Cc1ccc(OCCn2c(C)ccc2-c2ccc(SC)cc2)cc1)C(=O)O.[H-].[Li+]. The molecule has 1 heterocycles. The quantitative estimate of drug-likeness (QED) is 0.361. The fraction of sp³-hybridized carbons (Fsp3) is 0.320. The second-order valence-corrected chi connectivity index (χ2v) is 8.10. The summed E-state index contributed by atoms with van der Waals surface area (Å²) in [6.45, 7) is 5.56. The Hall–Kier alpha value is -2.10. The van der Waals surface area contributed by atoms with Crippen LogP contribution in [0.5, 0.6) is 5.75 Å². The second-order valence-electron chi connectivity index (χ2n) is 7.22. The maximum atomic E-state index is 11.3. The number of benzene rings is 2. The van der Waals surface area contributed by atoms with Gasteiger partial charge in [0.05, 0.1) is 6.54 Å². The molecule has 0 unspecified atom stereocenters. The van der Waals surface area contributed by atoms with Crippen molar-refractivity contribution >= 4 is 17.7 Å². The van der Waals surface area contributed by atoms with E-state index in [2.05, 4.69) is 54.1 Å². The van der Waals surface area contributed by atoms with E-state index < -0.39 is 12.1 Å². The Labute approximate surface area is 207 Å². The van der Waals surface area contributed by atoms with Crippen molar-refractivity contribution < 1.29 is 39.7 Å². The van der Waals surface area contributed by atoms with E-state index in [1.54, 1.807) is 18.7 Å². The van der Waals surface area contributed by atoms with Crippen LogP contribution >= 0.6 is 11.8 Å². The number of carboxylic acid groups (broad SMARTS) is 1. The van der Waals surface area contributed by atoms with Crippen molar-refractivity contribution in [2.45, 2.75) is 37.8 Å². The summed E-state index contributed by atoms with van der Waals surface area (Å²) in [4.78, 5) is 12.5. The van der Waals surface area contributed by atoms with Gasteiger partial charge in [0.15, 0.2) is 6.10 Å². The molecule has 0 radical (unpaired) electrons. The maximum absolute atomic E-state index is 11.3. The molecule has 2 aromatic carbocycles. The van der Waals surface area contributed by atoms with Gasteiger partial charge in [-0.05, 0) is 67.6 Å². The van der Waals surface area contributed by atoms with Gasteiger partial charge in [-0.1, -0.05) is 24.3 Å². The third kappa shape index (κ3) is 6.95. The molecule has 0 saturated heterocycles. The first kappa shape index (κ1) is 26.2. The molecule has 1 N–H and O–H groups in total. The normalized spacial score (nSPS) is 11.6. The van der Waals surface area contributed by atoms with Gasteiger partial charge in [-0.25, -0.2) is 4.79 Å². The average Bonchev–Trinajstić information content (AvgIpc) is 3.15. The molecule has 0 aliphatic heterocycles. The number of thioether (sulfide) groups is 1. The fourth-order valence-electron chi connectivity index (χ4n) is 3.49. The molecule has 1 atom stereocenters.